The van der Waals surface area contributed by atoms with Gasteiger partial charge in [-0.15, -0.1) is 4.90 Å². The van der Waals surface area contributed by atoms with E-state index in [1.54, 1.807) is 42.5 Å². The number of para-hydroxylation sites is 1. The number of ether oxygens (including phenoxy) is 1. The maximum absolute atomic E-state index is 12.5. The Bertz CT molecular complexity index is 796. The largest absolute Gasteiger partial charge is 0.508 e. The molecule has 0 heterocycles. The molecule has 0 aromatic heterocycles. The number of halogens is 6. The first kappa shape index (κ1) is 23.8. The van der Waals surface area contributed by atoms with Gasteiger partial charge in [-0.25, -0.2) is 0 Å². The van der Waals surface area contributed by atoms with Crippen molar-refractivity contribution in [3.63, 3.8) is 0 Å². The molecule has 166 valence electrons. The van der Waals surface area contributed by atoms with Crippen LogP contribution in [-0.4, -0.2) is 47.0 Å². The lowest BCUT2D eigenvalue weighted by atomic mass is 10.0. The summed E-state index contributed by atoms with van der Waals surface area (Å²) in [7, 11) is 0. The third-order valence-corrected chi connectivity index (χ3v) is 4.30. The first-order valence-corrected chi connectivity index (χ1v) is 9.04. The minimum absolute atomic E-state index is 0.131. The van der Waals surface area contributed by atoms with Crippen LogP contribution < -0.4 is 4.74 Å². The molecule has 1 atom stereocenters. The zero-order valence-corrected chi connectivity index (χ0v) is 15.7. The van der Waals surface area contributed by atoms with Gasteiger partial charge in [0.1, 0.15) is 18.1 Å². The second-order valence-corrected chi connectivity index (χ2v) is 6.62. The summed E-state index contributed by atoms with van der Waals surface area (Å²) < 4.78 is 80.4. The highest BCUT2D eigenvalue weighted by Crippen LogP contribution is 2.33. The fourth-order valence-electron chi connectivity index (χ4n) is 2.79. The Kier molecular flexibility index (Phi) is 7.96. The molecular formula is C20H21F6NO3. The number of alkyl halides is 6. The number of rotatable bonds is 9. The summed E-state index contributed by atoms with van der Waals surface area (Å²) in [5.74, 6) is 0.507. The highest BCUT2D eigenvalue weighted by molar-refractivity contribution is 5.35. The topological polar surface area (TPSA) is 52.9 Å². The average Bonchev–Trinajstić information content (AvgIpc) is 2.63. The number of hydrogen-bond acceptors (Lipinski definition) is 4. The number of aliphatic hydroxyl groups excluding tert-OH is 1. The number of aryl methyl sites for hydroxylation is 2. The Balaban J connectivity index is 1.91. The number of phenolic OH excluding ortho intramolecular Hbond substituents is 1. The van der Waals surface area contributed by atoms with Crippen LogP contribution in [0.3, 0.4) is 0 Å². The first-order chi connectivity index (χ1) is 14.0. The molecule has 4 nitrogen and oxygen atoms in total. The summed E-state index contributed by atoms with van der Waals surface area (Å²) in [6, 6.07) is 13.5. The van der Waals surface area contributed by atoms with Gasteiger partial charge in [0.25, 0.3) is 0 Å². The van der Waals surface area contributed by atoms with Crippen LogP contribution in [0.5, 0.6) is 11.5 Å². The Hall–Kier alpha value is -2.46. The van der Waals surface area contributed by atoms with Crippen molar-refractivity contribution in [3.05, 3.63) is 59.7 Å². The van der Waals surface area contributed by atoms with E-state index < -0.39 is 43.2 Å². The predicted molar refractivity (Wildman–Crippen MR) is 96.9 cm³/mol. The molecule has 0 aliphatic heterocycles. The van der Waals surface area contributed by atoms with Crippen LogP contribution in [0.1, 0.15) is 17.5 Å². The smallest absolute Gasteiger partial charge is 0.467 e. The summed E-state index contributed by atoms with van der Waals surface area (Å²) in [5.41, 5.74) is 1.63. The van der Waals surface area contributed by atoms with Gasteiger partial charge in [-0.05, 0) is 48.6 Å². The van der Waals surface area contributed by atoms with Gasteiger partial charge in [0, 0.05) is 6.54 Å². The third-order valence-electron chi connectivity index (χ3n) is 4.30. The lowest BCUT2D eigenvalue weighted by Gasteiger charge is -2.27. The molecule has 0 radical (unpaired) electrons. The van der Waals surface area contributed by atoms with Crippen molar-refractivity contribution in [2.24, 2.45) is 0 Å². The highest BCUT2D eigenvalue weighted by Gasteiger charge is 2.53. The first-order valence-electron chi connectivity index (χ1n) is 9.04. The number of nitrogens with zero attached hydrogens (tertiary/aromatic N) is 1. The quantitative estimate of drug-likeness (QED) is 0.443. The maximum Gasteiger partial charge on any atom is 0.467 e. The van der Waals surface area contributed by atoms with E-state index in [2.05, 4.69) is 0 Å². The number of hydrogen-bond donors (Lipinski definition) is 2. The van der Waals surface area contributed by atoms with Gasteiger partial charge in [-0.1, -0.05) is 30.3 Å². The van der Waals surface area contributed by atoms with Crippen LogP contribution in [0.15, 0.2) is 48.5 Å². The molecule has 2 rings (SSSR count). The molecule has 0 amide bonds. The van der Waals surface area contributed by atoms with Gasteiger partial charge in [0.2, 0.25) is 0 Å². The lowest BCUT2D eigenvalue weighted by molar-refractivity contribution is -0.373. The second kappa shape index (κ2) is 10.0. The molecule has 2 aromatic carbocycles. The highest BCUT2D eigenvalue weighted by atomic mass is 19.4. The number of aliphatic hydroxyl groups is 1. The molecule has 0 spiro atoms. The van der Waals surface area contributed by atoms with Gasteiger partial charge in [-0.3, -0.25) is 0 Å². The van der Waals surface area contributed by atoms with Crippen LogP contribution in [0, 0.1) is 0 Å². The van der Waals surface area contributed by atoms with Gasteiger partial charge >= 0.3 is 12.6 Å². The summed E-state index contributed by atoms with van der Waals surface area (Å²) in [6.07, 6.45) is -12.4. The number of phenols is 1. The molecule has 0 aliphatic rings. The van der Waals surface area contributed by atoms with Crippen molar-refractivity contribution >= 4 is 0 Å². The summed E-state index contributed by atoms with van der Waals surface area (Å²) in [5, 5.41) is 19.3. The number of aromatic hydroxyl groups is 1. The predicted octanol–water partition coefficient (Wildman–Crippen LogP) is 4.65. The molecule has 30 heavy (non-hydrogen) atoms. The van der Waals surface area contributed by atoms with E-state index in [-0.39, 0.29) is 5.75 Å². The average molecular weight is 437 g/mol. The summed E-state index contributed by atoms with van der Waals surface area (Å²) in [4.78, 5) is -1.58. The van der Waals surface area contributed by atoms with E-state index in [1.807, 2.05) is 6.07 Å². The van der Waals surface area contributed by atoms with Crippen LogP contribution >= 0.6 is 0 Å². The summed E-state index contributed by atoms with van der Waals surface area (Å²) in [6.45, 7) is -1.89. The van der Waals surface area contributed by atoms with Crippen molar-refractivity contribution in [2.75, 3.05) is 13.2 Å². The molecule has 0 fully saturated rings. The molecule has 2 aromatic rings. The minimum Gasteiger partial charge on any atom is -0.508 e. The van der Waals surface area contributed by atoms with E-state index in [4.69, 9.17) is 4.74 Å². The second-order valence-electron chi connectivity index (χ2n) is 6.62. The van der Waals surface area contributed by atoms with Crippen molar-refractivity contribution in [2.45, 2.75) is 38.0 Å². The Morgan fingerprint density at radius 3 is 2.20 bits per heavy atom. The molecule has 10 heteroatoms. The van der Waals surface area contributed by atoms with Crippen LogP contribution in [0.4, 0.5) is 26.3 Å². The standard InChI is InChI=1S/C20H21F6NO3/c21-19(22,23)27(20(24,25)26)11-10-17(29)13-30-18-7-2-1-5-15(18)9-8-14-4-3-6-16(28)12-14/h1-7,12,17,28-29H,8-11,13H2. The fraction of sp³-hybridized carbons (Fsp3) is 0.400. The molecule has 1 unspecified atom stereocenters. The van der Waals surface area contributed by atoms with Gasteiger partial charge < -0.3 is 14.9 Å². The molecule has 0 bridgehead atoms. The minimum atomic E-state index is -5.59. The van der Waals surface area contributed by atoms with Crippen molar-refractivity contribution in [3.8, 4) is 11.5 Å². The van der Waals surface area contributed by atoms with Gasteiger partial charge in [0.05, 0.1) is 6.10 Å². The Morgan fingerprint density at radius 1 is 0.900 bits per heavy atom. The fourth-order valence-corrected chi connectivity index (χ4v) is 2.79. The summed E-state index contributed by atoms with van der Waals surface area (Å²) >= 11 is 0. The molecule has 0 aliphatic carbocycles. The Labute approximate surface area is 169 Å². The maximum atomic E-state index is 12.5. The SMILES string of the molecule is Oc1cccc(CCc2ccccc2OCC(O)CCN(C(F)(F)F)C(F)(F)F)c1. The zero-order chi connectivity index (χ0) is 22.4. The monoisotopic (exact) mass is 437 g/mol. The zero-order valence-electron chi connectivity index (χ0n) is 15.7. The van der Waals surface area contributed by atoms with Crippen LogP contribution in [0.2, 0.25) is 0 Å². The van der Waals surface area contributed by atoms with E-state index in [0.29, 0.717) is 18.6 Å². The van der Waals surface area contributed by atoms with Crippen molar-refractivity contribution in [1.82, 2.24) is 4.90 Å². The normalized spacial score (nSPS) is 13.5. The van der Waals surface area contributed by atoms with Crippen LogP contribution in [0.25, 0.3) is 0 Å². The molecular weight excluding hydrogens is 416 g/mol. The van der Waals surface area contributed by atoms with E-state index in [1.165, 1.54) is 0 Å². The van der Waals surface area contributed by atoms with Crippen molar-refractivity contribution in [1.29, 1.82) is 0 Å². The lowest BCUT2D eigenvalue weighted by Crippen LogP contribution is -2.49. The van der Waals surface area contributed by atoms with E-state index >= 15 is 0 Å². The van der Waals surface area contributed by atoms with Crippen LogP contribution in [-0.2, 0) is 12.8 Å². The molecule has 0 saturated carbocycles. The molecule has 2 N–H and O–H groups in total. The van der Waals surface area contributed by atoms with Crippen molar-refractivity contribution < 1.29 is 41.3 Å². The van der Waals surface area contributed by atoms with Gasteiger partial charge in [0.15, 0.2) is 0 Å². The third kappa shape index (κ3) is 7.42. The Morgan fingerprint density at radius 2 is 1.57 bits per heavy atom. The van der Waals surface area contributed by atoms with E-state index in [0.717, 1.165) is 11.1 Å². The molecule has 0 saturated heterocycles. The van der Waals surface area contributed by atoms with E-state index in [9.17, 15) is 36.6 Å². The number of benzene rings is 2. The van der Waals surface area contributed by atoms with Gasteiger partial charge in [-0.2, -0.15) is 26.3 Å².